The zero-order chi connectivity index (χ0) is 21.6. The third-order valence-corrected chi connectivity index (χ3v) is 5.89. The standard InChI is InChI=1S/C21H20F2N6O2/c1-29-11-24-8-17(29)19-27-15(12-5-21(6-12)9-31-10-21)4-16(28-19)20(30)26-13-2-3-14(18(22)23)25-7-13/h2-4,7-8,11-12,18H,5-6,9-10H2,1H3,(H,26,30). The van der Waals surface area contributed by atoms with E-state index in [2.05, 4.69) is 20.3 Å². The van der Waals surface area contributed by atoms with E-state index in [4.69, 9.17) is 9.72 Å². The van der Waals surface area contributed by atoms with Crippen molar-refractivity contribution in [2.24, 2.45) is 12.5 Å². The molecule has 10 heteroatoms. The van der Waals surface area contributed by atoms with Crippen LogP contribution in [0.1, 0.15) is 47.1 Å². The van der Waals surface area contributed by atoms with Crippen molar-refractivity contribution < 1.29 is 18.3 Å². The molecule has 1 saturated heterocycles. The number of ether oxygens (including phenoxy) is 1. The Bertz CT molecular complexity index is 1120. The number of nitrogens with one attached hydrogen (secondary N) is 1. The van der Waals surface area contributed by atoms with E-state index in [-0.39, 0.29) is 22.7 Å². The number of amides is 1. The average molecular weight is 426 g/mol. The summed E-state index contributed by atoms with van der Waals surface area (Å²) in [5.41, 5.74) is 1.92. The van der Waals surface area contributed by atoms with Gasteiger partial charge in [0.15, 0.2) is 5.82 Å². The number of imidazole rings is 1. The number of carbonyl (C=O) groups is 1. The Morgan fingerprint density at radius 1 is 1.26 bits per heavy atom. The summed E-state index contributed by atoms with van der Waals surface area (Å²) in [7, 11) is 1.83. The summed E-state index contributed by atoms with van der Waals surface area (Å²) in [5, 5.41) is 2.67. The summed E-state index contributed by atoms with van der Waals surface area (Å²) >= 11 is 0. The smallest absolute Gasteiger partial charge is 0.280 e. The lowest BCUT2D eigenvalue weighted by Crippen LogP contribution is -2.51. The molecule has 1 aliphatic heterocycles. The van der Waals surface area contributed by atoms with Gasteiger partial charge in [-0.1, -0.05) is 0 Å². The van der Waals surface area contributed by atoms with Crippen molar-refractivity contribution in [3.05, 3.63) is 54.0 Å². The molecule has 3 aromatic heterocycles. The molecule has 1 amide bonds. The van der Waals surface area contributed by atoms with E-state index in [1.807, 2.05) is 7.05 Å². The molecule has 1 spiro atoms. The molecule has 0 aromatic carbocycles. The van der Waals surface area contributed by atoms with Gasteiger partial charge < -0.3 is 14.6 Å². The number of pyridine rings is 1. The normalized spacial score (nSPS) is 17.4. The Morgan fingerprint density at radius 3 is 2.65 bits per heavy atom. The highest BCUT2D eigenvalue weighted by Gasteiger charge is 2.50. The van der Waals surface area contributed by atoms with E-state index in [1.165, 1.54) is 18.3 Å². The Kier molecular flexibility index (Phi) is 4.73. The van der Waals surface area contributed by atoms with Gasteiger partial charge in [-0.25, -0.2) is 23.7 Å². The van der Waals surface area contributed by atoms with E-state index in [0.717, 1.165) is 31.7 Å². The SMILES string of the molecule is Cn1cncc1-c1nc(C(=O)Nc2ccc(C(F)F)nc2)cc(C2CC3(COC3)C2)n1. The molecule has 2 fully saturated rings. The van der Waals surface area contributed by atoms with Gasteiger partial charge in [-0.3, -0.25) is 9.78 Å². The van der Waals surface area contributed by atoms with Gasteiger partial charge in [0, 0.05) is 24.1 Å². The molecule has 1 saturated carbocycles. The minimum Gasteiger partial charge on any atom is -0.380 e. The van der Waals surface area contributed by atoms with Crippen LogP contribution in [-0.4, -0.2) is 43.6 Å². The highest BCUT2D eigenvalue weighted by Crippen LogP contribution is 2.54. The number of aryl methyl sites for hydroxylation is 1. The van der Waals surface area contributed by atoms with Crippen molar-refractivity contribution in [1.82, 2.24) is 24.5 Å². The molecular weight excluding hydrogens is 406 g/mol. The van der Waals surface area contributed by atoms with Crippen LogP contribution in [0.2, 0.25) is 0 Å². The van der Waals surface area contributed by atoms with Crippen LogP contribution in [-0.2, 0) is 11.8 Å². The number of aromatic nitrogens is 5. The monoisotopic (exact) mass is 426 g/mol. The van der Waals surface area contributed by atoms with Gasteiger partial charge in [-0.15, -0.1) is 0 Å². The maximum absolute atomic E-state index is 12.9. The summed E-state index contributed by atoms with van der Waals surface area (Å²) in [5.74, 6) is 0.191. The zero-order valence-corrected chi connectivity index (χ0v) is 16.8. The summed E-state index contributed by atoms with van der Waals surface area (Å²) in [6.45, 7) is 1.55. The molecular formula is C21H20F2N6O2. The van der Waals surface area contributed by atoms with Gasteiger partial charge in [0.05, 0.1) is 37.6 Å². The van der Waals surface area contributed by atoms with Gasteiger partial charge in [0.1, 0.15) is 17.1 Å². The molecule has 1 N–H and O–H groups in total. The number of nitrogens with zero attached hydrogens (tertiary/aromatic N) is 5. The van der Waals surface area contributed by atoms with Gasteiger partial charge in [0.25, 0.3) is 12.3 Å². The lowest BCUT2D eigenvalue weighted by molar-refractivity contribution is -0.164. The molecule has 0 atom stereocenters. The van der Waals surface area contributed by atoms with Crippen LogP contribution in [0.5, 0.6) is 0 Å². The lowest BCUT2D eigenvalue weighted by atomic mass is 9.60. The summed E-state index contributed by atoms with van der Waals surface area (Å²) in [6.07, 6.45) is 3.77. The van der Waals surface area contributed by atoms with Crippen LogP contribution in [0, 0.1) is 5.41 Å². The van der Waals surface area contributed by atoms with Crippen LogP contribution in [0.25, 0.3) is 11.5 Å². The van der Waals surface area contributed by atoms with Crippen LogP contribution < -0.4 is 5.32 Å². The van der Waals surface area contributed by atoms with Crippen molar-refractivity contribution in [3.63, 3.8) is 0 Å². The number of alkyl halides is 2. The second kappa shape index (κ2) is 7.45. The topological polar surface area (TPSA) is 94.8 Å². The molecule has 3 aromatic rings. The summed E-state index contributed by atoms with van der Waals surface area (Å²) in [6, 6.07) is 4.28. The van der Waals surface area contributed by atoms with Crippen molar-refractivity contribution >= 4 is 11.6 Å². The number of hydrogen-bond acceptors (Lipinski definition) is 6. The van der Waals surface area contributed by atoms with E-state index in [9.17, 15) is 13.6 Å². The largest absolute Gasteiger partial charge is 0.380 e. The molecule has 0 unspecified atom stereocenters. The predicted molar refractivity (Wildman–Crippen MR) is 107 cm³/mol. The summed E-state index contributed by atoms with van der Waals surface area (Å²) in [4.78, 5) is 29.8. The predicted octanol–water partition coefficient (Wildman–Crippen LogP) is 3.36. The fourth-order valence-electron chi connectivity index (χ4n) is 4.10. The van der Waals surface area contributed by atoms with Crippen molar-refractivity contribution in [1.29, 1.82) is 0 Å². The number of carbonyl (C=O) groups excluding carboxylic acids is 1. The van der Waals surface area contributed by atoms with E-state index < -0.39 is 12.3 Å². The minimum absolute atomic E-state index is 0.199. The van der Waals surface area contributed by atoms with Crippen molar-refractivity contribution in [2.75, 3.05) is 18.5 Å². The van der Waals surface area contributed by atoms with Gasteiger partial charge in [0.2, 0.25) is 0 Å². The highest BCUT2D eigenvalue weighted by atomic mass is 19.3. The Hall–Kier alpha value is -3.27. The molecule has 4 heterocycles. The number of anilines is 1. The van der Waals surface area contributed by atoms with Crippen molar-refractivity contribution in [2.45, 2.75) is 25.2 Å². The molecule has 0 radical (unpaired) electrons. The van der Waals surface area contributed by atoms with Crippen LogP contribution in [0.15, 0.2) is 36.9 Å². The first kappa shape index (κ1) is 19.7. The first-order chi connectivity index (χ1) is 14.9. The number of hydrogen-bond donors (Lipinski definition) is 1. The third-order valence-electron chi connectivity index (χ3n) is 5.89. The fourth-order valence-corrected chi connectivity index (χ4v) is 4.10. The van der Waals surface area contributed by atoms with Crippen LogP contribution >= 0.6 is 0 Å². The Labute approximate surface area is 176 Å². The molecule has 8 nitrogen and oxygen atoms in total. The maximum Gasteiger partial charge on any atom is 0.280 e. The van der Waals surface area contributed by atoms with E-state index in [0.29, 0.717) is 17.2 Å². The fraction of sp³-hybridized carbons (Fsp3) is 0.381. The molecule has 31 heavy (non-hydrogen) atoms. The first-order valence-corrected chi connectivity index (χ1v) is 9.91. The molecule has 0 bridgehead atoms. The van der Waals surface area contributed by atoms with Crippen LogP contribution in [0.4, 0.5) is 14.5 Å². The van der Waals surface area contributed by atoms with Gasteiger partial charge >= 0.3 is 0 Å². The quantitative estimate of drug-likeness (QED) is 0.672. The highest BCUT2D eigenvalue weighted by molar-refractivity contribution is 6.03. The Morgan fingerprint density at radius 2 is 2.06 bits per heavy atom. The second-order valence-electron chi connectivity index (χ2n) is 8.22. The zero-order valence-electron chi connectivity index (χ0n) is 16.8. The molecule has 5 rings (SSSR count). The van der Waals surface area contributed by atoms with Crippen LogP contribution in [0.3, 0.4) is 0 Å². The molecule has 2 aliphatic rings. The lowest BCUT2D eigenvalue weighted by Gasteiger charge is -2.53. The first-order valence-electron chi connectivity index (χ1n) is 9.91. The van der Waals surface area contributed by atoms with Crippen molar-refractivity contribution in [3.8, 4) is 11.5 Å². The van der Waals surface area contributed by atoms with E-state index >= 15 is 0 Å². The number of halogens is 2. The average Bonchev–Trinajstić information content (AvgIpc) is 3.12. The Balaban J connectivity index is 1.43. The maximum atomic E-state index is 12.9. The summed E-state index contributed by atoms with van der Waals surface area (Å²) < 4.78 is 32.5. The second-order valence-corrected chi connectivity index (χ2v) is 8.22. The molecule has 160 valence electrons. The molecule has 1 aliphatic carbocycles. The number of rotatable bonds is 5. The van der Waals surface area contributed by atoms with Gasteiger partial charge in [-0.2, -0.15) is 0 Å². The minimum atomic E-state index is -2.66. The third kappa shape index (κ3) is 3.67. The van der Waals surface area contributed by atoms with E-state index in [1.54, 1.807) is 23.2 Å². The van der Waals surface area contributed by atoms with Gasteiger partial charge in [-0.05, 0) is 31.0 Å².